The van der Waals surface area contributed by atoms with Gasteiger partial charge in [0.25, 0.3) is 0 Å². The van der Waals surface area contributed by atoms with E-state index in [1.165, 1.54) is 49.2 Å². The molecule has 1 aliphatic carbocycles. The van der Waals surface area contributed by atoms with Crippen LogP contribution < -0.4 is 5.32 Å². The Morgan fingerprint density at radius 3 is 2.67 bits per heavy atom. The van der Waals surface area contributed by atoms with Crippen LogP contribution >= 0.6 is 0 Å². The van der Waals surface area contributed by atoms with Gasteiger partial charge in [0.05, 0.1) is 0 Å². The van der Waals surface area contributed by atoms with E-state index in [1.807, 2.05) is 0 Å². The normalized spacial score (nSPS) is 24.3. The average Bonchev–Trinajstić information content (AvgIpc) is 2.49. The lowest BCUT2D eigenvalue weighted by Crippen LogP contribution is -2.47. The minimum atomic E-state index is 0.574. The minimum absolute atomic E-state index is 0.574. The summed E-state index contributed by atoms with van der Waals surface area (Å²) >= 11 is 0. The Hall–Kier alpha value is -0.930. The molecule has 3 heteroatoms. The molecule has 1 aromatic heterocycles. The van der Waals surface area contributed by atoms with E-state index in [1.54, 1.807) is 0 Å². The second-order valence-electron chi connectivity index (χ2n) is 7.21. The summed E-state index contributed by atoms with van der Waals surface area (Å²) in [7, 11) is 2.23. The average molecular weight is 287 g/mol. The molecule has 1 N–H and O–H groups in total. The van der Waals surface area contributed by atoms with Gasteiger partial charge in [-0.1, -0.05) is 19.9 Å². The maximum Gasteiger partial charge on any atom is 0.0436 e. The summed E-state index contributed by atoms with van der Waals surface area (Å²) in [5.74, 6) is 0.574. The molecule has 1 aromatic rings. The van der Waals surface area contributed by atoms with E-state index >= 15 is 0 Å². The summed E-state index contributed by atoms with van der Waals surface area (Å²) < 4.78 is 0. The predicted molar refractivity (Wildman–Crippen MR) is 87.8 cm³/mol. The smallest absolute Gasteiger partial charge is 0.0436 e. The van der Waals surface area contributed by atoms with Crippen molar-refractivity contribution in [1.29, 1.82) is 0 Å². The van der Waals surface area contributed by atoms with Crippen molar-refractivity contribution in [1.82, 2.24) is 15.2 Å². The molecule has 0 bridgehead atoms. The molecule has 1 aliphatic heterocycles. The molecule has 3 rings (SSSR count). The highest BCUT2D eigenvalue weighted by atomic mass is 15.1. The van der Waals surface area contributed by atoms with Crippen LogP contribution in [0.15, 0.2) is 12.3 Å². The third kappa shape index (κ3) is 3.64. The van der Waals surface area contributed by atoms with Crippen LogP contribution in [0.25, 0.3) is 0 Å². The summed E-state index contributed by atoms with van der Waals surface area (Å²) in [6.07, 6.45) is 8.21. The van der Waals surface area contributed by atoms with Gasteiger partial charge in [0.15, 0.2) is 0 Å². The fourth-order valence-corrected chi connectivity index (χ4v) is 3.60. The molecule has 0 amide bonds. The fraction of sp³-hybridized carbons (Fsp3) is 0.722. The molecule has 0 saturated carbocycles. The molecule has 2 heterocycles. The van der Waals surface area contributed by atoms with Crippen molar-refractivity contribution in [3.8, 4) is 0 Å². The van der Waals surface area contributed by atoms with Crippen LogP contribution in [0, 0.1) is 0 Å². The van der Waals surface area contributed by atoms with Gasteiger partial charge in [-0.3, -0.25) is 4.98 Å². The maximum atomic E-state index is 4.70. The second-order valence-corrected chi connectivity index (χ2v) is 7.21. The van der Waals surface area contributed by atoms with Gasteiger partial charge < -0.3 is 10.2 Å². The van der Waals surface area contributed by atoms with Gasteiger partial charge in [0, 0.05) is 24.0 Å². The Bertz CT molecular complexity index is 475. The molecule has 3 nitrogen and oxygen atoms in total. The Kier molecular flexibility index (Phi) is 4.60. The van der Waals surface area contributed by atoms with Crippen LogP contribution in [0.2, 0.25) is 0 Å². The minimum Gasteiger partial charge on any atom is -0.311 e. The number of hydrogen-bond donors (Lipinski definition) is 1. The Balaban J connectivity index is 1.62. The first-order chi connectivity index (χ1) is 10.1. The summed E-state index contributed by atoms with van der Waals surface area (Å²) in [5, 5.41) is 3.91. The van der Waals surface area contributed by atoms with Crippen molar-refractivity contribution in [3.63, 3.8) is 0 Å². The SMILES string of the molecule is CC(C)c1cnc2c(c1)CC(NC1CCN(C)CC1)CC2. The lowest BCUT2D eigenvalue weighted by atomic mass is 9.88. The van der Waals surface area contributed by atoms with Crippen molar-refractivity contribution in [2.75, 3.05) is 20.1 Å². The van der Waals surface area contributed by atoms with Crippen molar-refractivity contribution >= 4 is 0 Å². The lowest BCUT2D eigenvalue weighted by molar-refractivity contribution is 0.220. The first-order valence-electron chi connectivity index (χ1n) is 8.54. The first-order valence-corrected chi connectivity index (χ1v) is 8.54. The zero-order chi connectivity index (χ0) is 14.8. The third-order valence-corrected chi connectivity index (χ3v) is 5.13. The predicted octanol–water partition coefficient (Wildman–Crippen LogP) is 2.75. The number of nitrogens with zero attached hydrogens (tertiary/aromatic N) is 2. The zero-order valence-electron chi connectivity index (χ0n) is 13.7. The third-order valence-electron chi connectivity index (χ3n) is 5.13. The van der Waals surface area contributed by atoms with Gasteiger partial charge in [-0.2, -0.15) is 0 Å². The number of pyridine rings is 1. The van der Waals surface area contributed by atoms with Gasteiger partial charge in [-0.15, -0.1) is 0 Å². The van der Waals surface area contributed by atoms with Crippen LogP contribution in [0.5, 0.6) is 0 Å². The number of aryl methyl sites for hydroxylation is 1. The van der Waals surface area contributed by atoms with Gasteiger partial charge in [0.1, 0.15) is 0 Å². The Morgan fingerprint density at radius 1 is 1.19 bits per heavy atom. The number of piperidine rings is 1. The Labute approximate surface area is 129 Å². The van der Waals surface area contributed by atoms with Gasteiger partial charge in [-0.05, 0) is 69.3 Å². The fourth-order valence-electron chi connectivity index (χ4n) is 3.60. The number of aromatic nitrogens is 1. The topological polar surface area (TPSA) is 28.2 Å². The highest BCUT2D eigenvalue weighted by Crippen LogP contribution is 2.24. The number of fused-ring (bicyclic) bond motifs is 1. The van der Waals surface area contributed by atoms with Crippen molar-refractivity contribution < 1.29 is 0 Å². The summed E-state index contributed by atoms with van der Waals surface area (Å²) in [4.78, 5) is 7.13. The second kappa shape index (κ2) is 6.45. The number of likely N-dealkylation sites (tertiary alicyclic amines) is 1. The van der Waals surface area contributed by atoms with Crippen LogP contribution in [0.1, 0.15) is 55.8 Å². The molecule has 1 fully saturated rings. The van der Waals surface area contributed by atoms with E-state index in [2.05, 4.69) is 43.4 Å². The summed E-state index contributed by atoms with van der Waals surface area (Å²) in [6.45, 7) is 6.97. The zero-order valence-corrected chi connectivity index (χ0v) is 13.7. The standard InChI is InChI=1S/C18H29N3/c1-13(2)15-10-14-11-17(4-5-18(14)19-12-15)20-16-6-8-21(3)9-7-16/h10,12-13,16-17,20H,4-9,11H2,1-3H3. The van der Waals surface area contributed by atoms with E-state index < -0.39 is 0 Å². The van der Waals surface area contributed by atoms with E-state index in [0.717, 1.165) is 12.8 Å². The monoisotopic (exact) mass is 287 g/mol. The van der Waals surface area contributed by atoms with Gasteiger partial charge in [-0.25, -0.2) is 0 Å². The molecule has 21 heavy (non-hydrogen) atoms. The quantitative estimate of drug-likeness (QED) is 0.926. The molecule has 1 atom stereocenters. The molecular formula is C18H29N3. The molecule has 1 saturated heterocycles. The molecule has 116 valence electrons. The van der Waals surface area contributed by atoms with E-state index in [4.69, 9.17) is 4.98 Å². The molecule has 2 aliphatic rings. The lowest BCUT2D eigenvalue weighted by Gasteiger charge is -2.34. The van der Waals surface area contributed by atoms with Crippen LogP contribution in [-0.2, 0) is 12.8 Å². The largest absolute Gasteiger partial charge is 0.311 e. The van der Waals surface area contributed by atoms with Crippen LogP contribution in [0.4, 0.5) is 0 Å². The summed E-state index contributed by atoms with van der Waals surface area (Å²) in [6, 6.07) is 3.76. The number of hydrogen-bond acceptors (Lipinski definition) is 3. The Morgan fingerprint density at radius 2 is 1.95 bits per heavy atom. The van der Waals surface area contributed by atoms with Crippen molar-refractivity contribution in [3.05, 3.63) is 29.1 Å². The molecule has 0 radical (unpaired) electrons. The van der Waals surface area contributed by atoms with Crippen molar-refractivity contribution in [2.24, 2.45) is 0 Å². The highest BCUT2D eigenvalue weighted by Gasteiger charge is 2.24. The molecular weight excluding hydrogens is 258 g/mol. The van der Waals surface area contributed by atoms with Gasteiger partial charge >= 0.3 is 0 Å². The molecule has 0 aromatic carbocycles. The first kappa shape index (κ1) is 15.0. The maximum absolute atomic E-state index is 4.70. The highest BCUT2D eigenvalue weighted by molar-refractivity contribution is 5.30. The van der Waals surface area contributed by atoms with Crippen LogP contribution in [-0.4, -0.2) is 42.1 Å². The summed E-state index contributed by atoms with van der Waals surface area (Å²) in [5.41, 5.74) is 4.20. The molecule has 0 spiro atoms. The van der Waals surface area contributed by atoms with E-state index in [9.17, 15) is 0 Å². The van der Waals surface area contributed by atoms with Gasteiger partial charge in [0.2, 0.25) is 0 Å². The van der Waals surface area contributed by atoms with Crippen LogP contribution in [0.3, 0.4) is 0 Å². The number of nitrogens with one attached hydrogen (secondary N) is 1. The molecule has 1 unspecified atom stereocenters. The number of rotatable bonds is 3. The van der Waals surface area contributed by atoms with Crippen molar-refractivity contribution in [2.45, 2.75) is 64.0 Å². The van der Waals surface area contributed by atoms with E-state index in [0.29, 0.717) is 18.0 Å². The van der Waals surface area contributed by atoms with E-state index in [-0.39, 0.29) is 0 Å².